The van der Waals surface area contributed by atoms with Gasteiger partial charge in [0, 0.05) is 20.2 Å². The second-order valence-corrected chi connectivity index (χ2v) is 7.71. The van der Waals surface area contributed by atoms with Gasteiger partial charge in [-0.15, -0.1) is 0 Å². The van der Waals surface area contributed by atoms with Crippen LogP contribution in [-0.2, 0) is 0 Å². The SMILES string of the molecule is O=C(NN1C(=O)c2cc(Br)ccc2NC1c1ccco1)c1ccc(Br)cc1. The molecule has 0 saturated carbocycles. The highest BCUT2D eigenvalue weighted by atomic mass is 79.9. The molecule has 136 valence electrons. The first-order valence-electron chi connectivity index (χ1n) is 8.02. The van der Waals surface area contributed by atoms with Crippen molar-refractivity contribution in [1.82, 2.24) is 10.4 Å². The predicted octanol–water partition coefficient (Wildman–Crippen LogP) is 4.72. The predicted molar refractivity (Wildman–Crippen MR) is 107 cm³/mol. The van der Waals surface area contributed by atoms with Crippen LogP contribution in [0.4, 0.5) is 5.69 Å². The Hall–Kier alpha value is -2.58. The van der Waals surface area contributed by atoms with Gasteiger partial charge in [0.15, 0.2) is 6.17 Å². The summed E-state index contributed by atoms with van der Waals surface area (Å²) >= 11 is 6.72. The van der Waals surface area contributed by atoms with Crippen LogP contribution in [0.2, 0.25) is 0 Å². The number of hydrazine groups is 1. The molecule has 8 heteroatoms. The summed E-state index contributed by atoms with van der Waals surface area (Å²) in [6, 6.07) is 15.7. The molecule has 27 heavy (non-hydrogen) atoms. The van der Waals surface area contributed by atoms with E-state index >= 15 is 0 Å². The van der Waals surface area contributed by atoms with Crippen molar-refractivity contribution in [2.45, 2.75) is 6.17 Å². The van der Waals surface area contributed by atoms with Crippen molar-refractivity contribution in [3.05, 3.63) is 86.7 Å². The molecular weight excluding hydrogens is 478 g/mol. The number of carbonyl (C=O) groups excluding carboxylic acids is 2. The Bertz CT molecular complexity index is 1000. The number of furan rings is 1. The van der Waals surface area contributed by atoms with Crippen molar-refractivity contribution in [3.8, 4) is 0 Å². The number of carbonyl (C=O) groups is 2. The lowest BCUT2D eigenvalue weighted by atomic mass is 10.1. The Morgan fingerprint density at radius 3 is 2.52 bits per heavy atom. The molecule has 2 aromatic carbocycles. The van der Waals surface area contributed by atoms with E-state index in [9.17, 15) is 9.59 Å². The minimum atomic E-state index is -0.666. The average Bonchev–Trinajstić information content (AvgIpc) is 3.19. The van der Waals surface area contributed by atoms with E-state index in [1.807, 2.05) is 6.07 Å². The van der Waals surface area contributed by atoms with E-state index in [1.165, 1.54) is 11.3 Å². The number of halogens is 2. The number of benzene rings is 2. The molecule has 1 aliphatic rings. The van der Waals surface area contributed by atoms with Crippen molar-refractivity contribution in [3.63, 3.8) is 0 Å². The zero-order valence-corrected chi connectivity index (χ0v) is 17.0. The summed E-state index contributed by atoms with van der Waals surface area (Å²) in [6.45, 7) is 0. The van der Waals surface area contributed by atoms with E-state index in [2.05, 4.69) is 42.6 Å². The quantitative estimate of drug-likeness (QED) is 0.557. The zero-order valence-electron chi connectivity index (χ0n) is 13.8. The lowest BCUT2D eigenvalue weighted by molar-refractivity contribution is 0.0467. The summed E-state index contributed by atoms with van der Waals surface area (Å²) in [7, 11) is 0. The van der Waals surface area contributed by atoms with E-state index in [-0.39, 0.29) is 5.91 Å². The average molecular weight is 491 g/mol. The summed E-state index contributed by atoms with van der Waals surface area (Å²) in [4.78, 5) is 25.8. The van der Waals surface area contributed by atoms with E-state index in [0.29, 0.717) is 22.6 Å². The fourth-order valence-electron chi connectivity index (χ4n) is 2.81. The maximum atomic E-state index is 13.1. The molecule has 1 atom stereocenters. The van der Waals surface area contributed by atoms with Crippen molar-refractivity contribution in [2.75, 3.05) is 5.32 Å². The van der Waals surface area contributed by atoms with Crippen LogP contribution in [0.5, 0.6) is 0 Å². The molecule has 1 aliphatic heterocycles. The highest BCUT2D eigenvalue weighted by Crippen LogP contribution is 2.33. The van der Waals surface area contributed by atoms with E-state index in [0.717, 1.165) is 8.95 Å². The summed E-state index contributed by atoms with van der Waals surface area (Å²) in [5.74, 6) is -0.224. The highest BCUT2D eigenvalue weighted by Gasteiger charge is 2.36. The van der Waals surface area contributed by atoms with Crippen LogP contribution in [0.25, 0.3) is 0 Å². The Labute approximate surface area is 171 Å². The van der Waals surface area contributed by atoms with Gasteiger partial charge in [0.25, 0.3) is 11.8 Å². The van der Waals surface area contributed by atoms with Gasteiger partial charge in [-0.2, -0.15) is 0 Å². The van der Waals surface area contributed by atoms with E-state index in [1.54, 1.807) is 48.5 Å². The van der Waals surface area contributed by atoms with Gasteiger partial charge in [-0.25, -0.2) is 5.01 Å². The van der Waals surface area contributed by atoms with Crippen molar-refractivity contribution < 1.29 is 14.0 Å². The molecule has 6 nitrogen and oxygen atoms in total. The van der Waals surface area contributed by atoms with Gasteiger partial charge in [-0.1, -0.05) is 31.9 Å². The molecule has 0 saturated heterocycles. The van der Waals surface area contributed by atoms with Crippen LogP contribution in [0.15, 0.2) is 74.2 Å². The largest absolute Gasteiger partial charge is 0.465 e. The van der Waals surface area contributed by atoms with Gasteiger partial charge in [-0.05, 0) is 54.6 Å². The molecule has 1 aromatic heterocycles. The van der Waals surface area contributed by atoms with E-state index in [4.69, 9.17) is 4.42 Å². The number of rotatable bonds is 3. The first-order valence-corrected chi connectivity index (χ1v) is 9.61. The molecule has 1 unspecified atom stereocenters. The molecule has 0 bridgehead atoms. The number of fused-ring (bicyclic) bond motifs is 1. The van der Waals surface area contributed by atoms with Gasteiger partial charge < -0.3 is 9.73 Å². The number of hydrogen-bond acceptors (Lipinski definition) is 4. The fourth-order valence-corrected chi connectivity index (χ4v) is 3.44. The highest BCUT2D eigenvalue weighted by molar-refractivity contribution is 9.10. The lowest BCUT2D eigenvalue weighted by Gasteiger charge is -2.36. The Balaban J connectivity index is 1.69. The minimum Gasteiger partial charge on any atom is -0.465 e. The third kappa shape index (κ3) is 3.50. The van der Waals surface area contributed by atoms with Gasteiger partial charge in [0.1, 0.15) is 5.76 Å². The number of hydrogen-bond donors (Lipinski definition) is 2. The van der Waals surface area contributed by atoms with Gasteiger partial charge in [0.2, 0.25) is 0 Å². The smallest absolute Gasteiger partial charge is 0.276 e. The second-order valence-electron chi connectivity index (χ2n) is 5.88. The van der Waals surface area contributed by atoms with Crippen molar-refractivity contribution in [1.29, 1.82) is 0 Å². The van der Waals surface area contributed by atoms with Crippen LogP contribution in [0.3, 0.4) is 0 Å². The normalized spacial score (nSPS) is 15.9. The fraction of sp³-hybridized carbons (Fsp3) is 0.0526. The summed E-state index contributed by atoms with van der Waals surface area (Å²) < 4.78 is 7.10. The monoisotopic (exact) mass is 489 g/mol. The molecule has 0 radical (unpaired) electrons. The Kier molecular flexibility index (Phi) is 4.75. The van der Waals surface area contributed by atoms with Crippen LogP contribution < -0.4 is 10.7 Å². The zero-order chi connectivity index (χ0) is 19.0. The van der Waals surface area contributed by atoms with Gasteiger partial charge in [0.05, 0.1) is 11.8 Å². The van der Waals surface area contributed by atoms with Crippen LogP contribution >= 0.6 is 31.9 Å². The molecule has 0 spiro atoms. The van der Waals surface area contributed by atoms with Gasteiger partial charge >= 0.3 is 0 Å². The number of anilines is 1. The summed E-state index contributed by atoms with van der Waals surface area (Å²) in [6.07, 6.45) is 0.855. The molecule has 2 heterocycles. The molecule has 0 fully saturated rings. The number of nitrogens with one attached hydrogen (secondary N) is 2. The molecule has 2 N–H and O–H groups in total. The topological polar surface area (TPSA) is 74.6 Å². The lowest BCUT2D eigenvalue weighted by Crippen LogP contribution is -2.52. The molecule has 2 amide bonds. The standard InChI is InChI=1S/C19H13Br2N3O3/c20-12-5-3-11(4-6-12)18(25)23-24-17(16-2-1-9-27-16)22-15-8-7-13(21)10-14(15)19(24)26/h1-10,17,22H,(H,23,25). The maximum absolute atomic E-state index is 13.1. The van der Waals surface area contributed by atoms with Crippen molar-refractivity contribution >= 4 is 49.4 Å². The third-order valence-electron chi connectivity index (χ3n) is 4.12. The Morgan fingerprint density at radius 2 is 1.81 bits per heavy atom. The number of amides is 2. The molecular formula is C19H13Br2N3O3. The Morgan fingerprint density at radius 1 is 1.07 bits per heavy atom. The molecule has 4 rings (SSSR count). The van der Waals surface area contributed by atoms with Gasteiger partial charge in [-0.3, -0.25) is 15.0 Å². The maximum Gasteiger partial charge on any atom is 0.276 e. The molecule has 3 aromatic rings. The summed E-state index contributed by atoms with van der Waals surface area (Å²) in [5, 5.41) is 4.49. The minimum absolute atomic E-state index is 0.336. The van der Waals surface area contributed by atoms with Crippen LogP contribution in [0, 0.1) is 0 Å². The van der Waals surface area contributed by atoms with Crippen LogP contribution in [-0.4, -0.2) is 16.8 Å². The first kappa shape index (κ1) is 17.8. The first-order chi connectivity index (χ1) is 13.0. The van der Waals surface area contributed by atoms with Crippen molar-refractivity contribution in [2.24, 2.45) is 0 Å². The summed E-state index contributed by atoms with van der Waals surface area (Å²) in [5.41, 5.74) is 4.24. The van der Waals surface area contributed by atoms with E-state index < -0.39 is 12.1 Å². The van der Waals surface area contributed by atoms with Crippen LogP contribution in [0.1, 0.15) is 32.6 Å². The third-order valence-corrected chi connectivity index (χ3v) is 5.14. The second kappa shape index (κ2) is 7.21. The molecule has 0 aliphatic carbocycles. The number of nitrogens with zero attached hydrogens (tertiary/aromatic N) is 1.